The first-order valence-corrected chi connectivity index (χ1v) is 12.1. The van der Waals surface area contributed by atoms with Crippen LogP contribution in [0.5, 0.6) is 5.75 Å². The molecule has 0 spiro atoms. The lowest BCUT2D eigenvalue weighted by Crippen LogP contribution is -2.56. The number of hydrogen-bond donors (Lipinski definition) is 3. The Morgan fingerprint density at radius 3 is 2.47 bits per heavy atom. The van der Waals surface area contributed by atoms with Crippen LogP contribution in [0.3, 0.4) is 0 Å². The zero-order chi connectivity index (χ0) is 25.7. The van der Waals surface area contributed by atoms with Crippen molar-refractivity contribution in [2.24, 2.45) is 0 Å². The summed E-state index contributed by atoms with van der Waals surface area (Å²) in [6.45, 7) is 3.27. The minimum absolute atomic E-state index is 0.0465. The Kier molecular flexibility index (Phi) is 9.08. The average Bonchev–Trinajstić information content (AvgIpc) is 2.78. The molecule has 2 aromatic carbocycles. The first-order chi connectivity index (χ1) is 15.8. The van der Waals surface area contributed by atoms with Gasteiger partial charge in [-0.25, -0.2) is 8.42 Å². The van der Waals surface area contributed by atoms with Crippen LogP contribution in [0.25, 0.3) is 0 Å². The molecular weight excluding hydrogens is 551 g/mol. The number of nitrogens with zero attached hydrogens (tertiary/aromatic N) is 1. The monoisotopic (exact) mass is 566 g/mol. The second-order valence-corrected chi connectivity index (χ2v) is 11.1. The number of carbonyl (C=O) groups excluding carboxylic acids is 1. The molecule has 0 bridgehead atoms. The molecule has 0 unspecified atom stereocenters. The highest BCUT2D eigenvalue weighted by atomic mass is 35.6. The van der Waals surface area contributed by atoms with Gasteiger partial charge in [-0.2, -0.15) is 0 Å². The summed E-state index contributed by atoms with van der Waals surface area (Å²) in [4.78, 5) is 22.8. The third kappa shape index (κ3) is 7.18. The molecule has 0 aliphatic carbocycles. The lowest BCUT2D eigenvalue weighted by atomic mass is 10.2. The predicted octanol–water partition coefficient (Wildman–Crippen LogP) is 3.93. The summed E-state index contributed by atoms with van der Waals surface area (Å²) in [6.07, 6.45) is -1.37. The molecule has 2 rings (SSSR count). The molecule has 0 saturated carbocycles. The summed E-state index contributed by atoms with van der Waals surface area (Å²) in [6, 6.07) is 8.93. The van der Waals surface area contributed by atoms with Crippen molar-refractivity contribution in [3.05, 3.63) is 70.1 Å². The number of methoxy groups -OCH3 is 1. The lowest BCUT2D eigenvalue weighted by molar-refractivity contribution is -0.384. The smallest absolute Gasteiger partial charge is 0.270 e. The number of amides is 1. The number of thiocarbonyl (C=S) groups is 1. The third-order valence-corrected chi connectivity index (χ3v) is 6.39. The number of rotatable bonds is 8. The first kappa shape index (κ1) is 27.6. The molecule has 0 fully saturated rings. The number of carbonyl (C=O) groups is 1. The number of nitro benzene ring substituents is 1. The van der Waals surface area contributed by atoms with Gasteiger partial charge in [0, 0.05) is 29.2 Å². The fraction of sp³-hybridized carbons (Fsp3) is 0.158. The van der Waals surface area contributed by atoms with Crippen LogP contribution in [-0.4, -0.2) is 41.4 Å². The van der Waals surface area contributed by atoms with E-state index in [1.54, 1.807) is 0 Å². The van der Waals surface area contributed by atoms with E-state index in [0.29, 0.717) is 0 Å². The summed E-state index contributed by atoms with van der Waals surface area (Å²) < 4.78 is 27.1. The van der Waals surface area contributed by atoms with Crippen LogP contribution in [0, 0.1) is 10.1 Å². The number of halogens is 3. The van der Waals surface area contributed by atoms with Crippen LogP contribution < -0.4 is 20.7 Å². The van der Waals surface area contributed by atoms with Crippen molar-refractivity contribution in [1.29, 1.82) is 0 Å². The summed E-state index contributed by atoms with van der Waals surface area (Å²) in [5, 5.41) is 19.4. The van der Waals surface area contributed by atoms with Crippen molar-refractivity contribution in [3.8, 4) is 5.75 Å². The van der Waals surface area contributed by atoms with Crippen molar-refractivity contribution in [3.63, 3.8) is 0 Å². The van der Waals surface area contributed by atoms with Crippen LogP contribution in [0.2, 0.25) is 0 Å². The van der Waals surface area contributed by atoms with Gasteiger partial charge in [-0.15, -0.1) is 0 Å². The van der Waals surface area contributed by atoms with Gasteiger partial charge in [0.05, 0.1) is 22.6 Å². The molecule has 0 radical (unpaired) electrons. The van der Waals surface area contributed by atoms with Gasteiger partial charge >= 0.3 is 0 Å². The Hall–Kier alpha value is -2.64. The van der Waals surface area contributed by atoms with Gasteiger partial charge in [0.15, 0.2) is 14.9 Å². The van der Waals surface area contributed by atoms with Crippen LogP contribution in [0.1, 0.15) is 10.4 Å². The molecule has 0 saturated heterocycles. The number of nitro groups is 1. The zero-order valence-corrected chi connectivity index (χ0v) is 21.2. The van der Waals surface area contributed by atoms with Crippen molar-refractivity contribution in [2.75, 3.05) is 12.4 Å². The molecule has 0 aliphatic heterocycles. The van der Waals surface area contributed by atoms with E-state index in [9.17, 15) is 23.3 Å². The van der Waals surface area contributed by atoms with E-state index in [0.717, 1.165) is 11.5 Å². The standard InChI is InChI=1S/C19H17Cl3N4O6S2/c1-3-34(30,31)13-7-8-14(15(10-13)32-2)23-18(33)25-17(19(20,21)22)24-16(27)11-5-4-6-12(9-11)26(28)29/h3-10,17H,1H2,2H3,(H,24,27)(H2,23,25,33)/t17-/m1/s1. The lowest BCUT2D eigenvalue weighted by Gasteiger charge is -2.28. The number of nitrogens with one attached hydrogen (secondary N) is 3. The van der Waals surface area contributed by atoms with Gasteiger partial charge in [0.2, 0.25) is 3.79 Å². The highest BCUT2D eigenvalue weighted by Gasteiger charge is 2.35. The van der Waals surface area contributed by atoms with Crippen LogP contribution in [-0.2, 0) is 9.84 Å². The maximum absolute atomic E-state index is 12.6. The number of non-ortho nitro benzene ring substituents is 1. The molecule has 0 aliphatic rings. The molecule has 15 heteroatoms. The molecule has 3 N–H and O–H groups in total. The van der Waals surface area contributed by atoms with Crippen molar-refractivity contribution < 1.29 is 22.9 Å². The van der Waals surface area contributed by atoms with Gasteiger partial charge in [-0.05, 0) is 30.4 Å². The molecule has 10 nitrogen and oxygen atoms in total. The second kappa shape index (κ2) is 11.2. The second-order valence-electron chi connectivity index (χ2n) is 6.43. The number of benzene rings is 2. The molecule has 0 aromatic heterocycles. The molecule has 1 atom stereocenters. The molecular formula is C19H17Cl3N4O6S2. The Morgan fingerprint density at radius 2 is 1.91 bits per heavy atom. The predicted molar refractivity (Wildman–Crippen MR) is 134 cm³/mol. The zero-order valence-electron chi connectivity index (χ0n) is 17.3. The van der Waals surface area contributed by atoms with E-state index in [2.05, 4.69) is 22.5 Å². The molecule has 182 valence electrons. The van der Waals surface area contributed by atoms with Crippen LogP contribution in [0.4, 0.5) is 11.4 Å². The number of alkyl halides is 3. The van der Waals surface area contributed by atoms with Gasteiger partial charge in [-0.1, -0.05) is 47.4 Å². The van der Waals surface area contributed by atoms with Crippen molar-refractivity contribution in [1.82, 2.24) is 10.6 Å². The molecule has 2 aromatic rings. The molecule has 1 amide bonds. The average molecular weight is 568 g/mol. The number of ether oxygens (including phenoxy) is 1. The van der Waals surface area contributed by atoms with Crippen LogP contribution >= 0.6 is 47.0 Å². The highest BCUT2D eigenvalue weighted by Crippen LogP contribution is 2.31. The Balaban J connectivity index is 2.21. The van der Waals surface area contributed by atoms with Crippen LogP contribution in [0.15, 0.2) is 59.3 Å². The highest BCUT2D eigenvalue weighted by molar-refractivity contribution is 7.94. The topological polar surface area (TPSA) is 140 Å². The number of hydrogen-bond acceptors (Lipinski definition) is 7. The molecule has 0 heterocycles. The SMILES string of the molecule is C=CS(=O)(=O)c1ccc(NC(=S)N[C@@H](NC(=O)c2cccc([N+](=O)[O-])c2)C(Cl)(Cl)Cl)c(OC)c1. The summed E-state index contributed by atoms with van der Waals surface area (Å²) in [5.74, 6) is -0.634. The Labute approximate surface area is 215 Å². The van der Waals surface area contributed by atoms with Gasteiger partial charge in [0.1, 0.15) is 11.9 Å². The Bertz CT molecular complexity index is 1230. The van der Waals surface area contributed by atoms with Gasteiger partial charge in [0.25, 0.3) is 11.6 Å². The van der Waals surface area contributed by atoms with E-state index < -0.39 is 30.6 Å². The minimum Gasteiger partial charge on any atom is -0.495 e. The Morgan fingerprint density at radius 1 is 1.24 bits per heavy atom. The largest absolute Gasteiger partial charge is 0.495 e. The summed E-state index contributed by atoms with van der Waals surface area (Å²) >= 11 is 23.1. The van der Waals surface area contributed by atoms with E-state index in [1.165, 1.54) is 43.5 Å². The fourth-order valence-electron chi connectivity index (χ4n) is 2.51. The van der Waals surface area contributed by atoms with E-state index in [4.69, 9.17) is 51.8 Å². The molecule has 34 heavy (non-hydrogen) atoms. The minimum atomic E-state index is -3.70. The van der Waals surface area contributed by atoms with E-state index in [1.807, 2.05) is 0 Å². The van der Waals surface area contributed by atoms with Gasteiger partial charge in [-0.3, -0.25) is 14.9 Å². The van der Waals surface area contributed by atoms with Crippen molar-refractivity contribution >= 4 is 79.3 Å². The first-order valence-electron chi connectivity index (χ1n) is 9.03. The quantitative estimate of drug-likeness (QED) is 0.142. The van der Waals surface area contributed by atoms with Gasteiger partial charge < -0.3 is 20.7 Å². The van der Waals surface area contributed by atoms with E-state index >= 15 is 0 Å². The number of sulfone groups is 1. The summed E-state index contributed by atoms with van der Waals surface area (Å²) in [5.41, 5.74) is -0.0665. The van der Waals surface area contributed by atoms with E-state index in [-0.39, 0.29) is 32.7 Å². The summed E-state index contributed by atoms with van der Waals surface area (Å²) in [7, 11) is -2.37. The maximum Gasteiger partial charge on any atom is 0.270 e. The number of anilines is 1. The van der Waals surface area contributed by atoms with Crippen molar-refractivity contribution in [2.45, 2.75) is 14.9 Å². The third-order valence-electron chi connectivity index (χ3n) is 4.17. The maximum atomic E-state index is 12.6. The normalized spacial score (nSPS) is 12.2. The fourth-order valence-corrected chi connectivity index (χ4v) is 3.79.